The molecule has 0 saturated heterocycles. The quantitative estimate of drug-likeness (QED) is 0.160. The van der Waals surface area contributed by atoms with Crippen molar-refractivity contribution in [1.29, 1.82) is 0 Å². The number of thiophene rings is 1. The Morgan fingerprint density at radius 3 is 1.70 bits per heavy atom. The van der Waals surface area contributed by atoms with Crippen molar-refractivity contribution in [3.8, 4) is 44.5 Å². The van der Waals surface area contributed by atoms with Crippen molar-refractivity contribution >= 4 is 59.3 Å². The van der Waals surface area contributed by atoms with Gasteiger partial charge in [-0.1, -0.05) is 170 Å². The first kappa shape index (κ1) is 32.0. The summed E-state index contributed by atoms with van der Waals surface area (Å²) in [4.78, 5) is 2.50. The van der Waals surface area contributed by atoms with E-state index in [0.717, 1.165) is 17.1 Å². The third-order valence-corrected chi connectivity index (χ3v) is 11.6. The number of benzene rings is 9. The lowest BCUT2D eigenvalue weighted by atomic mass is 9.87. The molecule has 0 radical (unpaired) electrons. The maximum atomic E-state index is 2.50. The molecule has 0 spiro atoms. The van der Waals surface area contributed by atoms with Gasteiger partial charge in [0.25, 0.3) is 0 Å². The molecule has 0 aliphatic rings. The molecule has 0 aliphatic carbocycles. The van der Waals surface area contributed by atoms with E-state index in [1.165, 1.54) is 75.5 Å². The maximum absolute atomic E-state index is 2.50. The van der Waals surface area contributed by atoms with E-state index in [4.69, 9.17) is 0 Å². The number of anilines is 3. The van der Waals surface area contributed by atoms with Gasteiger partial charge in [-0.15, -0.1) is 11.3 Å². The summed E-state index contributed by atoms with van der Waals surface area (Å²) >= 11 is 1.86. The van der Waals surface area contributed by atoms with E-state index in [0.29, 0.717) is 0 Å². The molecule has 2 heteroatoms. The second-order valence-corrected chi connectivity index (χ2v) is 14.8. The second kappa shape index (κ2) is 13.7. The normalized spacial score (nSPS) is 11.3. The molecule has 0 atom stereocenters. The van der Waals surface area contributed by atoms with Crippen molar-refractivity contribution in [2.75, 3.05) is 4.90 Å². The smallest absolute Gasteiger partial charge is 0.0555 e. The van der Waals surface area contributed by atoms with Crippen molar-refractivity contribution in [3.05, 3.63) is 212 Å². The summed E-state index contributed by atoms with van der Waals surface area (Å²) in [5.74, 6) is 0. The fraction of sp³-hybridized carbons (Fsp3) is 0. The van der Waals surface area contributed by atoms with Gasteiger partial charge < -0.3 is 4.90 Å². The van der Waals surface area contributed by atoms with Crippen LogP contribution in [0.5, 0.6) is 0 Å². The zero-order valence-electron chi connectivity index (χ0n) is 29.6. The molecular weight excluding hydrogens is 671 g/mol. The number of nitrogens with zero attached hydrogens (tertiary/aromatic N) is 1. The van der Waals surface area contributed by atoms with E-state index in [2.05, 4.69) is 217 Å². The van der Waals surface area contributed by atoms with Gasteiger partial charge in [0, 0.05) is 31.4 Å². The van der Waals surface area contributed by atoms with E-state index >= 15 is 0 Å². The van der Waals surface area contributed by atoms with E-state index < -0.39 is 0 Å². The van der Waals surface area contributed by atoms with Gasteiger partial charge in [0.1, 0.15) is 0 Å². The minimum atomic E-state index is 1.10. The van der Waals surface area contributed by atoms with Crippen molar-refractivity contribution in [3.63, 3.8) is 0 Å². The molecule has 0 N–H and O–H groups in total. The van der Waals surface area contributed by atoms with E-state index in [-0.39, 0.29) is 0 Å². The molecule has 54 heavy (non-hydrogen) atoms. The largest absolute Gasteiger partial charge is 0.309 e. The van der Waals surface area contributed by atoms with E-state index in [1.54, 1.807) is 0 Å². The second-order valence-electron chi connectivity index (χ2n) is 13.7. The molecule has 0 fully saturated rings. The topological polar surface area (TPSA) is 3.24 Å². The van der Waals surface area contributed by atoms with Gasteiger partial charge in [0.2, 0.25) is 0 Å². The first-order valence-corrected chi connectivity index (χ1v) is 19.2. The standard InChI is InChI=1S/C52H35NS/c1-3-16-38(17-4-1)43-21-9-10-22-45(43)51-44(39-18-5-2-6-19-39)24-13-25-47(51)53(48-26-14-28-50-52(48)46-23-11-12-27-49(46)54-50)42-33-31-37(32-34-42)41-30-29-36-15-7-8-20-40(36)35-41/h1-35H. The third-order valence-electron chi connectivity index (χ3n) is 10.5. The first-order chi connectivity index (χ1) is 26.8. The van der Waals surface area contributed by atoms with Crippen molar-refractivity contribution in [2.24, 2.45) is 0 Å². The van der Waals surface area contributed by atoms with Gasteiger partial charge in [-0.3, -0.25) is 0 Å². The Hall–Kier alpha value is -6.74. The molecule has 10 rings (SSSR count). The lowest BCUT2D eigenvalue weighted by Gasteiger charge is -2.30. The number of fused-ring (bicyclic) bond motifs is 4. The van der Waals surface area contributed by atoms with Gasteiger partial charge in [-0.2, -0.15) is 0 Å². The minimum absolute atomic E-state index is 1.10. The van der Waals surface area contributed by atoms with E-state index in [9.17, 15) is 0 Å². The van der Waals surface area contributed by atoms with Crippen LogP contribution < -0.4 is 4.90 Å². The number of hydrogen-bond acceptors (Lipinski definition) is 2. The van der Waals surface area contributed by atoms with Crippen molar-refractivity contribution in [2.45, 2.75) is 0 Å². The highest BCUT2D eigenvalue weighted by molar-refractivity contribution is 7.26. The molecule has 0 amide bonds. The zero-order chi connectivity index (χ0) is 35.8. The maximum Gasteiger partial charge on any atom is 0.0555 e. The Balaban J connectivity index is 1.26. The van der Waals surface area contributed by atoms with E-state index in [1.807, 2.05) is 11.3 Å². The summed E-state index contributed by atoms with van der Waals surface area (Å²) < 4.78 is 2.57. The monoisotopic (exact) mass is 705 g/mol. The van der Waals surface area contributed by atoms with Gasteiger partial charge in [-0.05, 0) is 92.2 Å². The fourth-order valence-corrected chi connectivity index (χ4v) is 9.09. The summed E-state index contributed by atoms with van der Waals surface area (Å²) in [6.07, 6.45) is 0. The molecule has 1 heterocycles. The average Bonchev–Trinajstić information content (AvgIpc) is 3.64. The molecule has 254 valence electrons. The Bertz CT molecular complexity index is 2920. The zero-order valence-corrected chi connectivity index (χ0v) is 30.4. The van der Waals surface area contributed by atoms with Gasteiger partial charge >= 0.3 is 0 Å². The van der Waals surface area contributed by atoms with Crippen LogP contribution in [-0.2, 0) is 0 Å². The predicted molar refractivity (Wildman–Crippen MR) is 233 cm³/mol. The Labute approximate surface area is 319 Å². The molecule has 0 saturated carbocycles. The number of hydrogen-bond donors (Lipinski definition) is 0. The van der Waals surface area contributed by atoms with Crippen LogP contribution in [0.3, 0.4) is 0 Å². The molecule has 1 nitrogen and oxygen atoms in total. The lowest BCUT2D eigenvalue weighted by molar-refractivity contribution is 1.30. The van der Waals surface area contributed by atoms with Crippen LogP contribution in [0, 0.1) is 0 Å². The molecular formula is C52H35NS. The predicted octanol–water partition coefficient (Wildman–Crippen LogP) is 15.3. The van der Waals surface area contributed by atoms with Crippen LogP contribution in [0.15, 0.2) is 212 Å². The van der Waals surface area contributed by atoms with Crippen LogP contribution >= 0.6 is 11.3 Å². The van der Waals surface area contributed by atoms with Crippen LogP contribution in [0.25, 0.3) is 75.5 Å². The fourth-order valence-electron chi connectivity index (χ4n) is 7.96. The first-order valence-electron chi connectivity index (χ1n) is 18.4. The Morgan fingerprint density at radius 1 is 0.333 bits per heavy atom. The highest BCUT2D eigenvalue weighted by atomic mass is 32.1. The van der Waals surface area contributed by atoms with Crippen LogP contribution in [-0.4, -0.2) is 0 Å². The molecule has 0 unspecified atom stereocenters. The lowest BCUT2D eigenvalue weighted by Crippen LogP contribution is -2.12. The number of rotatable bonds is 7. The summed E-state index contributed by atoms with van der Waals surface area (Å²) in [5.41, 5.74) is 12.9. The molecule has 9 aromatic carbocycles. The van der Waals surface area contributed by atoms with Crippen LogP contribution in [0.2, 0.25) is 0 Å². The third kappa shape index (κ3) is 5.65. The van der Waals surface area contributed by atoms with Crippen molar-refractivity contribution < 1.29 is 0 Å². The Kier molecular flexibility index (Phi) is 8.09. The summed E-state index contributed by atoms with van der Waals surface area (Å²) in [5, 5.41) is 5.04. The SMILES string of the molecule is c1ccc(-c2ccccc2-c2c(-c3ccccc3)cccc2N(c2ccc(-c3ccc4ccccc4c3)cc2)c2cccc3sc4ccccc4c23)cc1. The van der Waals surface area contributed by atoms with Gasteiger partial charge in [-0.25, -0.2) is 0 Å². The summed E-state index contributed by atoms with van der Waals surface area (Å²) in [7, 11) is 0. The Morgan fingerprint density at radius 2 is 0.907 bits per heavy atom. The van der Waals surface area contributed by atoms with Gasteiger partial charge in [0.05, 0.1) is 11.4 Å². The molecule has 0 bridgehead atoms. The van der Waals surface area contributed by atoms with Gasteiger partial charge in [0.15, 0.2) is 0 Å². The van der Waals surface area contributed by atoms with Crippen LogP contribution in [0.4, 0.5) is 17.1 Å². The molecule has 10 aromatic rings. The molecule has 0 aliphatic heterocycles. The van der Waals surface area contributed by atoms with Crippen LogP contribution in [0.1, 0.15) is 0 Å². The van der Waals surface area contributed by atoms with Crippen molar-refractivity contribution in [1.82, 2.24) is 0 Å². The highest BCUT2D eigenvalue weighted by Crippen LogP contribution is 2.51. The summed E-state index contributed by atoms with van der Waals surface area (Å²) in [6.45, 7) is 0. The average molecular weight is 706 g/mol. The molecule has 1 aromatic heterocycles. The highest BCUT2D eigenvalue weighted by Gasteiger charge is 2.25. The summed E-state index contributed by atoms with van der Waals surface area (Å²) in [6, 6.07) is 77.3. The minimum Gasteiger partial charge on any atom is -0.309 e.